The van der Waals surface area contributed by atoms with E-state index in [9.17, 15) is 0 Å². The third kappa shape index (κ3) is 2.38. The maximum absolute atomic E-state index is 4.42. The standard InChI is InChI=1S/C15H23N5/c1-12-13(9-19(3)18-12)10-20-11-17-8-14(20)15(2)4-6-16-7-5-15/h8-9,11,16H,4-7,10H2,1-3H3. The van der Waals surface area contributed by atoms with E-state index < -0.39 is 0 Å². The van der Waals surface area contributed by atoms with Gasteiger partial charge in [-0.1, -0.05) is 6.92 Å². The van der Waals surface area contributed by atoms with Crippen LogP contribution in [0.1, 0.15) is 36.7 Å². The smallest absolute Gasteiger partial charge is 0.0951 e. The topological polar surface area (TPSA) is 47.7 Å². The van der Waals surface area contributed by atoms with Crippen LogP contribution in [0.15, 0.2) is 18.7 Å². The molecule has 0 aliphatic carbocycles. The van der Waals surface area contributed by atoms with Crippen molar-refractivity contribution in [3.05, 3.63) is 35.7 Å². The van der Waals surface area contributed by atoms with E-state index in [0.717, 1.165) is 25.3 Å². The van der Waals surface area contributed by atoms with Gasteiger partial charge in [-0.05, 0) is 32.9 Å². The summed E-state index contributed by atoms with van der Waals surface area (Å²) in [5, 5.41) is 7.86. The minimum atomic E-state index is 0.234. The van der Waals surface area contributed by atoms with Crippen molar-refractivity contribution in [3.8, 4) is 0 Å². The minimum Gasteiger partial charge on any atom is -0.329 e. The molecule has 1 aliphatic heterocycles. The molecule has 0 spiro atoms. The predicted octanol–water partition coefficient (Wildman–Crippen LogP) is 1.61. The monoisotopic (exact) mass is 273 g/mol. The van der Waals surface area contributed by atoms with Gasteiger partial charge in [-0.3, -0.25) is 4.68 Å². The first kappa shape index (κ1) is 13.4. The zero-order valence-corrected chi connectivity index (χ0v) is 12.6. The van der Waals surface area contributed by atoms with Crippen LogP contribution >= 0.6 is 0 Å². The summed E-state index contributed by atoms with van der Waals surface area (Å²) in [5.74, 6) is 0. The highest BCUT2D eigenvalue weighted by molar-refractivity contribution is 5.20. The average molecular weight is 273 g/mol. The quantitative estimate of drug-likeness (QED) is 0.924. The highest BCUT2D eigenvalue weighted by atomic mass is 15.3. The van der Waals surface area contributed by atoms with Gasteiger partial charge < -0.3 is 9.88 Å². The molecule has 1 fully saturated rings. The van der Waals surface area contributed by atoms with Crippen molar-refractivity contribution >= 4 is 0 Å². The normalized spacial score (nSPS) is 18.4. The molecule has 0 saturated carbocycles. The molecule has 0 atom stereocenters. The Balaban J connectivity index is 1.88. The fourth-order valence-corrected chi connectivity index (χ4v) is 3.17. The second kappa shape index (κ2) is 5.05. The highest BCUT2D eigenvalue weighted by Crippen LogP contribution is 2.32. The zero-order valence-electron chi connectivity index (χ0n) is 12.6. The number of nitrogens with zero attached hydrogens (tertiary/aromatic N) is 4. The fourth-order valence-electron chi connectivity index (χ4n) is 3.17. The minimum absolute atomic E-state index is 0.234. The van der Waals surface area contributed by atoms with Crippen LogP contribution in [0.5, 0.6) is 0 Å². The molecule has 1 N–H and O–H groups in total. The molecule has 5 heteroatoms. The Hall–Kier alpha value is -1.62. The van der Waals surface area contributed by atoms with Gasteiger partial charge in [0.2, 0.25) is 0 Å². The van der Waals surface area contributed by atoms with E-state index in [0.29, 0.717) is 0 Å². The number of aryl methyl sites for hydroxylation is 2. The molecule has 2 aromatic rings. The lowest BCUT2D eigenvalue weighted by molar-refractivity contribution is 0.318. The molecule has 0 bridgehead atoms. The molecule has 1 aliphatic rings. The van der Waals surface area contributed by atoms with E-state index in [2.05, 4.69) is 40.0 Å². The zero-order chi connectivity index (χ0) is 14.2. The van der Waals surface area contributed by atoms with Crippen LogP contribution in [0.2, 0.25) is 0 Å². The van der Waals surface area contributed by atoms with E-state index in [1.54, 1.807) is 0 Å². The van der Waals surface area contributed by atoms with Gasteiger partial charge in [-0.15, -0.1) is 0 Å². The van der Waals surface area contributed by atoms with Crippen molar-refractivity contribution in [1.29, 1.82) is 0 Å². The molecule has 0 unspecified atom stereocenters. The van der Waals surface area contributed by atoms with E-state index >= 15 is 0 Å². The maximum atomic E-state index is 4.42. The van der Waals surface area contributed by atoms with Crippen molar-refractivity contribution < 1.29 is 0 Å². The van der Waals surface area contributed by atoms with Gasteiger partial charge in [0.05, 0.1) is 18.6 Å². The first-order valence-electron chi connectivity index (χ1n) is 7.29. The Bertz CT molecular complexity index is 589. The molecule has 2 aromatic heterocycles. The van der Waals surface area contributed by atoms with Crippen LogP contribution in [0, 0.1) is 6.92 Å². The van der Waals surface area contributed by atoms with Crippen LogP contribution < -0.4 is 5.32 Å². The highest BCUT2D eigenvalue weighted by Gasteiger charge is 2.31. The molecular weight excluding hydrogens is 250 g/mol. The summed E-state index contributed by atoms with van der Waals surface area (Å²) in [7, 11) is 1.97. The molecule has 1 saturated heterocycles. The van der Waals surface area contributed by atoms with Crippen molar-refractivity contribution in [2.24, 2.45) is 7.05 Å². The van der Waals surface area contributed by atoms with Gasteiger partial charge >= 0.3 is 0 Å². The lowest BCUT2D eigenvalue weighted by Crippen LogP contribution is -2.39. The molecule has 0 amide bonds. The molecule has 108 valence electrons. The van der Waals surface area contributed by atoms with E-state index in [4.69, 9.17) is 0 Å². The summed E-state index contributed by atoms with van der Waals surface area (Å²) < 4.78 is 4.17. The van der Waals surface area contributed by atoms with Crippen molar-refractivity contribution in [2.45, 2.75) is 38.6 Å². The first-order valence-corrected chi connectivity index (χ1v) is 7.29. The molecule has 0 aromatic carbocycles. The number of hydrogen-bond acceptors (Lipinski definition) is 3. The lowest BCUT2D eigenvalue weighted by Gasteiger charge is -2.34. The molecule has 3 heterocycles. The molecule has 0 radical (unpaired) electrons. The molecule has 3 rings (SSSR count). The Morgan fingerprint density at radius 1 is 1.35 bits per heavy atom. The molecule has 20 heavy (non-hydrogen) atoms. The number of hydrogen-bond donors (Lipinski definition) is 1. The first-order chi connectivity index (χ1) is 9.58. The Morgan fingerprint density at radius 3 is 2.75 bits per heavy atom. The number of imidazole rings is 1. The lowest BCUT2D eigenvalue weighted by atomic mass is 9.78. The largest absolute Gasteiger partial charge is 0.329 e. The summed E-state index contributed by atoms with van der Waals surface area (Å²) in [6.45, 7) is 7.47. The van der Waals surface area contributed by atoms with Gasteiger partial charge in [0.25, 0.3) is 0 Å². The van der Waals surface area contributed by atoms with E-state index in [1.165, 1.54) is 24.1 Å². The van der Waals surface area contributed by atoms with Gasteiger partial charge in [-0.2, -0.15) is 5.10 Å². The van der Waals surface area contributed by atoms with Crippen LogP contribution in [-0.4, -0.2) is 32.4 Å². The van der Waals surface area contributed by atoms with Crippen molar-refractivity contribution in [1.82, 2.24) is 24.6 Å². The number of piperidine rings is 1. The van der Waals surface area contributed by atoms with Crippen molar-refractivity contribution in [2.75, 3.05) is 13.1 Å². The number of rotatable bonds is 3. The van der Waals surface area contributed by atoms with Crippen LogP contribution in [0.3, 0.4) is 0 Å². The third-order valence-corrected chi connectivity index (χ3v) is 4.49. The second-order valence-electron chi connectivity index (χ2n) is 6.13. The second-order valence-corrected chi connectivity index (χ2v) is 6.13. The Labute approximate surface area is 120 Å². The predicted molar refractivity (Wildman–Crippen MR) is 78.7 cm³/mol. The number of aromatic nitrogens is 4. The Kier molecular flexibility index (Phi) is 3.38. The van der Waals surface area contributed by atoms with Crippen molar-refractivity contribution in [3.63, 3.8) is 0 Å². The van der Waals surface area contributed by atoms with Crippen LogP contribution in [-0.2, 0) is 19.0 Å². The third-order valence-electron chi connectivity index (χ3n) is 4.49. The van der Waals surface area contributed by atoms with Gasteiger partial charge in [0, 0.05) is 36.1 Å². The average Bonchev–Trinajstić information content (AvgIpc) is 2.99. The van der Waals surface area contributed by atoms with E-state index in [1.807, 2.05) is 24.3 Å². The summed E-state index contributed by atoms with van der Waals surface area (Å²) in [4.78, 5) is 4.39. The maximum Gasteiger partial charge on any atom is 0.0951 e. The number of nitrogens with one attached hydrogen (secondary N) is 1. The molecular formula is C15H23N5. The van der Waals surface area contributed by atoms with E-state index in [-0.39, 0.29) is 5.41 Å². The van der Waals surface area contributed by atoms with Gasteiger partial charge in [0.1, 0.15) is 0 Å². The molecule has 5 nitrogen and oxygen atoms in total. The summed E-state index contributed by atoms with van der Waals surface area (Å²) in [6, 6.07) is 0. The van der Waals surface area contributed by atoms with Gasteiger partial charge in [-0.25, -0.2) is 4.98 Å². The summed E-state index contributed by atoms with van der Waals surface area (Å²) >= 11 is 0. The summed E-state index contributed by atoms with van der Waals surface area (Å²) in [6.07, 6.45) is 8.44. The van der Waals surface area contributed by atoms with Crippen LogP contribution in [0.4, 0.5) is 0 Å². The SMILES string of the molecule is Cc1nn(C)cc1Cn1cncc1C1(C)CCNCC1. The Morgan fingerprint density at radius 2 is 2.10 bits per heavy atom. The van der Waals surface area contributed by atoms with Gasteiger partial charge in [0.15, 0.2) is 0 Å². The van der Waals surface area contributed by atoms with Crippen LogP contribution in [0.25, 0.3) is 0 Å². The fraction of sp³-hybridized carbons (Fsp3) is 0.600. The summed E-state index contributed by atoms with van der Waals surface area (Å²) in [5.41, 5.74) is 3.95.